The Balaban J connectivity index is 1.95. The van der Waals surface area contributed by atoms with Crippen LogP contribution < -0.4 is 5.32 Å². The minimum absolute atomic E-state index is 0.0883. The summed E-state index contributed by atoms with van der Waals surface area (Å²) >= 11 is 0. The lowest BCUT2D eigenvalue weighted by Crippen LogP contribution is -2.31. The zero-order valence-electron chi connectivity index (χ0n) is 12.3. The summed E-state index contributed by atoms with van der Waals surface area (Å²) in [6, 6.07) is 8.57. The van der Waals surface area contributed by atoms with Gasteiger partial charge >= 0.3 is 0 Å². The van der Waals surface area contributed by atoms with E-state index in [1.165, 1.54) is 22.7 Å². The minimum Gasteiger partial charge on any atom is -0.310 e. The van der Waals surface area contributed by atoms with Gasteiger partial charge in [-0.1, -0.05) is 38.1 Å². The van der Waals surface area contributed by atoms with Crippen molar-refractivity contribution >= 4 is 10.0 Å². The highest BCUT2D eigenvalue weighted by molar-refractivity contribution is 7.88. The first-order valence-corrected chi connectivity index (χ1v) is 8.95. The molecule has 112 valence electrons. The first-order chi connectivity index (χ1) is 9.55. The van der Waals surface area contributed by atoms with Crippen LogP contribution in [0.1, 0.15) is 37.8 Å². The monoisotopic (exact) mass is 296 g/mol. The number of nitrogens with one attached hydrogen (secondary N) is 1. The molecular formula is C15H24N2O2S. The predicted molar refractivity (Wildman–Crippen MR) is 81.8 cm³/mol. The van der Waals surface area contributed by atoms with Crippen LogP contribution in [-0.4, -0.2) is 31.9 Å². The van der Waals surface area contributed by atoms with Crippen molar-refractivity contribution in [3.8, 4) is 0 Å². The van der Waals surface area contributed by atoms with E-state index in [1.54, 1.807) is 0 Å². The molecule has 1 saturated carbocycles. The summed E-state index contributed by atoms with van der Waals surface area (Å²) in [5.74, 6) is 0.0883. The topological polar surface area (TPSA) is 49.4 Å². The Hall–Kier alpha value is -0.910. The van der Waals surface area contributed by atoms with E-state index >= 15 is 0 Å². The Morgan fingerprint density at radius 1 is 1.10 bits per heavy atom. The highest BCUT2D eigenvalue weighted by Crippen LogP contribution is 2.19. The Kier molecular flexibility index (Phi) is 5.18. The number of nitrogens with zero attached hydrogens (tertiary/aromatic N) is 1. The zero-order chi connectivity index (χ0) is 14.6. The second-order valence-electron chi connectivity index (χ2n) is 5.31. The van der Waals surface area contributed by atoms with E-state index in [9.17, 15) is 8.42 Å². The van der Waals surface area contributed by atoms with E-state index in [1.807, 2.05) is 38.1 Å². The van der Waals surface area contributed by atoms with Gasteiger partial charge in [-0.25, -0.2) is 12.7 Å². The molecule has 0 amide bonds. The maximum absolute atomic E-state index is 12.2. The van der Waals surface area contributed by atoms with Gasteiger partial charge in [0.2, 0.25) is 10.0 Å². The molecule has 0 atom stereocenters. The molecule has 0 heterocycles. The van der Waals surface area contributed by atoms with Crippen LogP contribution >= 0.6 is 0 Å². The van der Waals surface area contributed by atoms with Crippen LogP contribution in [0.15, 0.2) is 24.3 Å². The average molecular weight is 296 g/mol. The average Bonchev–Trinajstić information content (AvgIpc) is 3.22. The molecule has 5 heteroatoms. The fourth-order valence-electron chi connectivity index (χ4n) is 2.22. The number of rotatable bonds is 8. The smallest absolute Gasteiger partial charge is 0.218 e. The van der Waals surface area contributed by atoms with Gasteiger partial charge in [-0.05, 0) is 24.0 Å². The third kappa shape index (κ3) is 4.30. The molecule has 1 aromatic rings. The molecule has 0 bridgehead atoms. The number of sulfonamides is 1. The largest absolute Gasteiger partial charge is 0.310 e. The molecule has 1 fully saturated rings. The van der Waals surface area contributed by atoms with Crippen LogP contribution in [-0.2, 0) is 22.3 Å². The molecular weight excluding hydrogens is 272 g/mol. The van der Waals surface area contributed by atoms with Gasteiger partial charge in [-0.2, -0.15) is 0 Å². The van der Waals surface area contributed by atoms with Crippen LogP contribution in [0, 0.1) is 0 Å². The molecule has 0 saturated heterocycles. The highest BCUT2D eigenvalue weighted by Gasteiger charge is 2.20. The molecule has 4 nitrogen and oxygen atoms in total. The van der Waals surface area contributed by atoms with E-state index in [-0.39, 0.29) is 5.75 Å². The molecule has 1 aromatic carbocycles. The second kappa shape index (κ2) is 6.70. The third-order valence-corrected chi connectivity index (χ3v) is 5.64. The Labute approximate surface area is 122 Å². The fraction of sp³-hybridized carbons (Fsp3) is 0.600. The van der Waals surface area contributed by atoms with Gasteiger partial charge < -0.3 is 5.32 Å². The van der Waals surface area contributed by atoms with Crippen molar-refractivity contribution in [2.45, 2.75) is 45.0 Å². The lowest BCUT2D eigenvalue weighted by molar-refractivity contribution is 0.444. The van der Waals surface area contributed by atoms with Crippen molar-refractivity contribution in [1.29, 1.82) is 0 Å². The Morgan fingerprint density at radius 3 is 2.15 bits per heavy atom. The molecule has 0 spiro atoms. The van der Waals surface area contributed by atoms with E-state index in [0.29, 0.717) is 19.1 Å². The van der Waals surface area contributed by atoms with Gasteiger partial charge in [0.1, 0.15) is 0 Å². The van der Waals surface area contributed by atoms with Gasteiger partial charge in [0.25, 0.3) is 0 Å². The van der Waals surface area contributed by atoms with Crippen LogP contribution in [0.2, 0.25) is 0 Å². The fourth-order valence-corrected chi connectivity index (χ4v) is 3.80. The summed E-state index contributed by atoms with van der Waals surface area (Å²) in [5.41, 5.74) is 2.06. The van der Waals surface area contributed by atoms with E-state index in [2.05, 4.69) is 5.32 Å². The summed E-state index contributed by atoms with van der Waals surface area (Å²) < 4.78 is 25.9. The first kappa shape index (κ1) is 15.5. The summed E-state index contributed by atoms with van der Waals surface area (Å²) in [4.78, 5) is 0. The van der Waals surface area contributed by atoms with Gasteiger partial charge in [-0.15, -0.1) is 0 Å². The van der Waals surface area contributed by atoms with Gasteiger partial charge in [0.15, 0.2) is 0 Å². The molecule has 1 aliphatic rings. The quantitative estimate of drug-likeness (QED) is 0.799. The van der Waals surface area contributed by atoms with Crippen molar-refractivity contribution < 1.29 is 8.42 Å². The van der Waals surface area contributed by atoms with Crippen LogP contribution in [0.5, 0.6) is 0 Å². The van der Waals surface area contributed by atoms with Gasteiger partial charge in [0.05, 0.1) is 5.75 Å². The zero-order valence-corrected chi connectivity index (χ0v) is 13.1. The lowest BCUT2D eigenvalue weighted by Gasteiger charge is -2.18. The van der Waals surface area contributed by atoms with Crippen LogP contribution in [0.25, 0.3) is 0 Å². The molecule has 0 unspecified atom stereocenters. The van der Waals surface area contributed by atoms with Crippen LogP contribution in [0.4, 0.5) is 0 Å². The van der Waals surface area contributed by atoms with Gasteiger partial charge in [-0.3, -0.25) is 0 Å². The normalized spacial score (nSPS) is 15.8. The Morgan fingerprint density at radius 2 is 1.65 bits per heavy atom. The van der Waals surface area contributed by atoms with E-state index in [4.69, 9.17) is 0 Å². The minimum atomic E-state index is -3.19. The maximum atomic E-state index is 12.2. The standard InChI is InChI=1S/C15H24N2O2S/c1-3-17(4-2)20(18,19)12-14-7-5-13(6-8-14)11-16-15-9-10-15/h5-8,15-16H,3-4,9-12H2,1-2H3. The van der Waals surface area contributed by atoms with Crippen molar-refractivity contribution in [1.82, 2.24) is 9.62 Å². The molecule has 20 heavy (non-hydrogen) atoms. The van der Waals surface area contributed by atoms with Crippen molar-refractivity contribution in [2.24, 2.45) is 0 Å². The van der Waals surface area contributed by atoms with Gasteiger partial charge in [0, 0.05) is 25.7 Å². The number of hydrogen-bond acceptors (Lipinski definition) is 3. The third-order valence-electron chi connectivity index (χ3n) is 3.64. The predicted octanol–water partition coefficient (Wildman–Crippen LogP) is 2.11. The highest BCUT2D eigenvalue weighted by atomic mass is 32.2. The molecule has 0 radical (unpaired) electrons. The summed E-state index contributed by atoms with van der Waals surface area (Å²) in [7, 11) is -3.19. The molecule has 0 aliphatic heterocycles. The van der Waals surface area contributed by atoms with E-state index < -0.39 is 10.0 Å². The van der Waals surface area contributed by atoms with Crippen molar-refractivity contribution in [3.05, 3.63) is 35.4 Å². The van der Waals surface area contributed by atoms with Crippen LogP contribution in [0.3, 0.4) is 0 Å². The molecule has 1 aliphatic carbocycles. The molecule has 1 N–H and O–H groups in total. The second-order valence-corrected chi connectivity index (χ2v) is 7.28. The summed E-state index contributed by atoms with van der Waals surface area (Å²) in [6.07, 6.45) is 2.56. The SMILES string of the molecule is CCN(CC)S(=O)(=O)Cc1ccc(CNC2CC2)cc1. The lowest BCUT2D eigenvalue weighted by atomic mass is 10.1. The maximum Gasteiger partial charge on any atom is 0.218 e. The van der Waals surface area contributed by atoms with Crippen molar-refractivity contribution in [2.75, 3.05) is 13.1 Å². The Bertz CT molecular complexity index is 517. The molecule has 2 rings (SSSR count). The first-order valence-electron chi connectivity index (χ1n) is 7.34. The van der Waals surface area contributed by atoms with E-state index in [0.717, 1.165) is 12.1 Å². The van der Waals surface area contributed by atoms with Crippen molar-refractivity contribution in [3.63, 3.8) is 0 Å². The summed E-state index contributed by atoms with van der Waals surface area (Å²) in [5, 5.41) is 3.45. The number of hydrogen-bond donors (Lipinski definition) is 1. The summed E-state index contributed by atoms with van der Waals surface area (Å²) in [6.45, 7) is 5.67. The molecule has 0 aromatic heterocycles. The number of benzene rings is 1.